The molecule has 1 saturated heterocycles. The van der Waals surface area contributed by atoms with Crippen molar-refractivity contribution < 1.29 is 19.1 Å². The van der Waals surface area contributed by atoms with E-state index in [4.69, 9.17) is 4.74 Å². The molecule has 1 aliphatic heterocycles. The minimum Gasteiger partial charge on any atom is -0.450 e. The number of thiazole rings is 1. The van der Waals surface area contributed by atoms with Crippen LogP contribution in [-0.4, -0.2) is 76.6 Å². The second-order valence-electron chi connectivity index (χ2n) is 6.96. The first kappa shape index (κ1) is 24.5. The number of carbonyl (C=O) groups excluding carboxylic acids is 3. The molecule has 0 atom stereocenters. The Hall–Kier alpha value is -2.11. The van der Waals surface area contributed by atoms with Gasteiger partial charge in [-0.1, -0.05) is 33.3 Å². The minimum atomic E-state index is -0.344. The van der Waals surface area contributed by atoms with E-state index in [0.717, 1.165) is 14.7 Å². The minimum absolute atomic E-state index is 0.0419. The molecule has 0 aliphatic carbocycles. The SMILES string of the molecule is C=CCn1c(=NC(=O)CSCC(=O)N2CCN(C(=O)OCC)CC2)sc2cc(Br)ccc21. The number of aromatic nitrogens is 1. The third kappa shape index (κ3) is 6.23. The maximum absolute atomic E-state index is 12.4. The standard InChI is InChI=1S/C21H25BrN4O4S2/c1-3-7-26-16-6-5-15(22)12-17(16)32-20(26)23-18(27)13-31-14-19(28)24-8-10-25(11-9-24)21(29)30-4-2/h3,5-6,12H,1,4,7-11,13-14H2,2H3. The van der Waals surface area contributed by atoms with E-state index in [1.807, 2.05) is 22.8 Å². The molecule has 0 spiro atoms. The molecule has 2 aromatic rings. The number of benzene rings is 1. The second-order valence-corrected chi connectivity index (χ2v) is 9.87. The van der Waals surface area contributed by atoms with E-state index < -0.39 is 0 Å². The van der Waals surface area contributed by atoms with Gasteiger partial charge in [0.15, 0.2) is 4.80 Å². The average Bonchev–Trinajstić information content (AvgIpc) is 3.10. The van der Waals surface area contributed by atoms with Crippen molar-refractivity contribution in [1.29, 1.82) is 0 Å². The summed E-state index contributed by atoms with van der Waals surface area (Å²) in [5.41, 5.74) is 0.995. The molecule has 3 amide bonds. The molecule has 0 radical (unpaired) electrons. The molecule has 8 nitrogen and oxygen atoms in total. The Kier molecular flexibility index (Phi) is 8.94. The Bertz CT molecular complexity index is 1070. The first-order valence-electron chi connectivity index (χ1n) is 10.2. The highest BCUT2D eigenvalue weighted by atomic mass is 79.9. The summed E-state index contributed by atoms with van der Waals surface area (Å²) >= 11 is 6.17. The van der Waals surface area contributed by atoms with Crippen LogP contribution in [0.4, 0.5) is 4.79 Å². The molecule has 1 aromatic heterocycles. The third-order valence-corrected chi connectivity index (χ3v) is 7.22. The highest BCUT2D eigenvalue weighted by Gasteiger charge is 2.24. The van der Waals surface area contributed by atoms with Crippen molar-refractivity contribution in [2.75, 3.05) is 44.3 Å². The Balaban J connectivity index is 1.54. The van der Waals surface area contributed by atoms with Gasteiger partial charge in [0.25, 0.3) is 5.91 Å². The number of rotatable bonds is 7. The van der Waals surface area contributed by atoms with Crippen molar-refractivity contribution in [2.24, 2.45) is 4.99 Å². The second kappa shape index (κ2) is 11.7. The van der Waals surface area contributed by atoms with E-state index in [1.54, 1.807) is 22.8 Å². The fraction of sp³-hybridized carbons (Fsp3) is 0.429. The normalized spacial score (nSPS) is 14.6. The molecule has 172 valence electrons. The van der Waals surface area contributed by atoms with Crippen molar-refractivity contribution in [3.8, 4) is 0 Å². The molecule has 0 saturated carbocycles. The van der Waals surface area contributed by atoms with Crippen molar-refractivity contribution in [2.45, 2.75) is 13.5 Å². The number of hydrogen-bond acceptors (Lipinski definition) is 6. The van der Waals surface area contributed by atoms with Crippen molar-refractivity contribution in [3.63, 3.8) is 0 Å². The van der Waals surface area contributed by atoms with Crippen molar-refractivity contribution in [3.05, 3.63) is 40.1 Å². The fourth-order valence-corrected chi connectivity index (χ4v) is 5.55. The highest BCUT2D eigenvalue weighted by molar-refractivity contribution is 9.10. The smallest absolute Gasteiger partial charge is 0.409 e. The maximum Gasteiger partial charge on any atom is 0.409 e. The van der Waals surface area contributed by atoms with Crippen LogP contribution in [-0.2, 0) is 20.9 Å². The first-order valence-corrected chi connectivity index (χ1v) is 12.9. The van der Waals surface area contributed by atoms with E-state index in [9.17, 15) is 14.4 Å². The number of hydrogen-bond donors (Lipinski definition) is 0. The molecule has 0 bridgehead atoms. The fourth-order valence-electron chi connectivity index (χ4n) is 3.25. The summed E-state index contributed by atoms with van der Waals surface area (Å²) in [6, 6.07) is 5.93. The van der Waals surface area contributed by atoms with Crippen LogP contribution in [0, 0.1) is 0 Å². The average molecular weight is 541 g/mol. The van der Waals surface area contributed by atoms with Gasteiger partial charge in [0, 0.05) is 37.2 Å². The quantitative estimate of drug-likeness (QED) is 0.503. The molecule has 1 fully saturated rings. The summed E-state index contributed by atoms with van der Waals surface area (Å²) in [6.45, 7) is 8.28. The van der Waals surface area contributed by atoms with Crippen LogP contribution >= 0.6 is 39.0 Å². The van der Waals surface area contributed by atoms with Gasteiger partial charge in [-0.05, 0) is 25.1 Å². The Morgan fingerprint density at radius 3 is 2.62 bits per heavy atom. The van der Waals surface area contributed by atoms with Crippen LogP contribution in [0.3, 0.4) is 0 Å². The number of amides is 3. The van der Waals surface area contributed by atoms with Crippen LogP contribution in [0.25, 0.3) is 10.2 Å². The van der Waals surface area contributed by atoms with Crippen LogP contribution in [0.2, 0.25) is 0 Å². The van der Waals surface area contributed by atoms with E-state index in [1.165, 1.54) is 23.1 Å². The number of fused-ring (bicyclic) bond motifs is 1. The van der Waals surface area contributed by atoms with Gasteiger partial charge in [0.2, 0.25) is 5.91 Å². The lowest BCUT2D eigenvalue weighted by atomic mass is 10.3. The molecule has 0 N–H and O–H groups in total. The number of piperazine rings is 1. The number of carbonyl (C=O) groups is 3. The summed E-state index contributed by atoms with van der Waals surface area (Å²) in [7, 11) is 0. The van der Waals surface area contributed by atoms with Gasteiger partial charge >= 0.3 is 6.09 Å². The number of ether oxygens (including phenoxy) is 1. The predicted octanol–water partition coefficient (Wildman–Crippen LogP) is 3.11. The molecular formula is C21H25BrN4O4S2. The van der Waals surface area contributed by atoms with Crippen LogP contribution < -0.4 is 4.80 Å². The number of thioether (sulfide) groups is 1. The van der Waals surface area contributed by atoms with Gasteiger partial charge in [0.1, 0.15) is 0 Å². The van der Waals surface area contributed by atoms with Crippen LogP contribution in [0.1, 0.15) is 6.92 Å². The number of halogens is 1. The number of allylic oxidation sites excluding steroid dienone is 1. The summed E-state index contributed by atoms with van der Waals surface area (Å²) in [5.74, 6) is 0.00544. The molecule has 3 rings (SSSR count). The molecular weight excluding hydrogens is 516 g/mol. The van der Waals surface area contributed by atoms with Crippen molar-refractivity contribution in [1.82, 2.24) is 14.4 Å². The summed E-state index contributed by atoms with van der Waals surface area (Å²) in [6.07, 6.45) is 1.43. The lowest BCUT2D eigenvalue weighted by Crippen LogP contribution is -2.51. The predicted molar refractivity (Wildman–Crippen MR) is 131 cm³/mol. The lowest BCUT2D eigenvalue weighted by molar-refractivity contribution is -0.129. The molecule has 1 aromatic carbocycles. The van der Waals surface area contributed by atoms with Gasteiger partial charge in [-0.2, -0.15) is 4.99 Å². The zero-order valence-electron chi connectivity index (χ0n) is 17.8. The molecule has 32 heavy (non-hydrogen) atoms. The Morgan fingerprint density at radius 1 is 1.22 bits per heavy atom. The number of nitrogens with zero attached hydrogens (tertiary/aromatic N) is 4. The summed E-state index contributed by atoms with van der Waals surface area (Å²) in [5, 5.41) is 0. The molecule has 11 heteroatoms. The molecule has 2 heterocycles. The maximum atomic E-state index is 12.4. The van der Waals surface area contributed by atoms with E-state index in [-0.39, 0.29) is 29.4 Å². The van der Waals surface area contributed by atoms with Crippen molar-refractivity contribution >= 4 is 67.2 Å². The lowest BCUT2D eigenvalue weighted by Gasteiger charge is -2.34. The first-order chi connectivity index (χ1) is 15.4. The van der Waals surface area contributed by atoms with Crippen LogP contribution in [0.15, 0.2) is 40.3 Å². The van der Waals surface area contributed by atoms with E-state index >= 15 is 0 Å². The summed E-state index contributed by atoms with van der Waals surface area (Å²) in [4.78, 5) is 44.8. The van der Waals surface area contributed by atoms with Gasteiger partial charge in [-0.15, -0.1) is 18.3 Å². The largest absolute Gasteiger partial charge is 0.450 e. The Morgan fingerprint density at radius 2 is 1.94 bits per heavy atom. The topological polar surface area (TPSA) is 84.2 Å². The molecule has 0 unspecified atom stereocenters. The zero-order chi connectivity index (χ0) is 23.1. The Labute approximate surface area is 203 Å². The molecule has 1 aliphatic rings. The zero-order valence-corrected chi connectivity index (χ0v) is 21.0. The van der Waals surface area contributed by atoms with Gasteiger partial charge in [0.05, 0.1) is 28.3 Å². The van der Waals surface area contributed by atoms with E-state index in [2.05, 4.69) is 27.5 Å². The van der Waals surface area contributed by atoms with Gasteiger partial charge < -0.3 is 19.1 Å². The van der Waals surface area contributed by atoms with Gasteiger partial charge in [-0.25, -0.2) is 4.79 Å². The summed E-state index contributed by atoms with van der Waals surface area (Å²) < 4.78 is 8.93. The monoisotopic (exact) mass is 540 g/mol. The van der Waals surface area contributed by atoms with E-state index in [0.29, 0.717) is 44.1 Å². The third-order valence-electron chi connectivity index (χ3n) is 4.79. The van der Waals surface area contributed by atoms with Crippen LogP contribution in [0.5, 0.6) is 0 Å². The van der Waals surface area contributed by atoms with Gasteiger partial charge in [-0.3, -0.25) is 9.59 Å². The highest BCUT2D eigenvalue weighted by Crippen LogP contribution is 2.22.